The van der Waals surface area contributed by atoms with E-state index in [1.54, 1.807) is 6.92 Å². The van der Waals surface area contributed by atoms with Crippen molar-refractivity contribution in [2.75, 3.05) is 6.61 Å². The average Bonchev–Trinajstić information content (AvgIpc) is 2.73. The van der Waals surface area contributed by atoms with Crippen molar-refractivity contribution in [3.63, 3.8) is 0 Å². The number of esters is 1. The molecule has 188 valence electrons. The molecule has 4 nitrogen and oxygen atoms in total. The molecule has 0 bridgehead atoms. The summed E-state index contributed by atoms with van der Waals surface area (Å²) < 4.78 is 5.15. The lowest BCUT2D eigenvalue weighted by atomic mass is 9.85. The predicted molar refractivity (Wildman–Crippen MR) is 137 cm³/mol. The standard InChI is InChI=1S/C28H53NO3/c1-7-9-10-11-12-13-14-15-16-17-18-19-20-21-22-28(5,6)27(31)29-25(23-24(3)4)26(30)32-8-2/h15-16,24-25H,7-14,17-23H2,1-6H3,(H,29,31)/t25-/m0/s1. The molecule has 0 aromatic carbocycles. The van der Waals surface area contributed by atoms with Crippen LogP contribution in [0.1, 0.15) is 131 Å². The number of rotatable bonds is 20. The largest absolute Gasteiger partial charge is 0.464 e. The van der Waals surface area contributed by atoms with Gasteiger partial charge in [-0.1, -0.05) is 98.1 Å². The van der Waals surface area contributed by atoms with Crippen molar-refractivity contribution in [1.82, 2.24) is 5.32 Å². The molecule has 32 heavy (non-hydrogen) atoms. The van der Waals surface area contributed by atoms with E-state index in [2.05, 4.69) is 24.4 Å². The first kappa shape index (κ1) is 30.7. The molecule has 0 rings (SSSR count). The highest BCUT2D eigenvalue weighted by Crippen LogP contribution is 2.25. The molecule has 0 aliphatic rings. The van der Waals surface area contributed by atoms with Gasteiger partial charge in [-0.05, 0) is 51.4 Å². The summed E-state index contributed by atoms with van der Waals surface area (Å²) in [6, 6.07) is -0.551. The molecular weight excluding hydrogens is 398 g/mol. The van der Waals surface area contributed by atoms with Crippen LogP contribution in [0.3, 0.4) is 0 Å². The lowest BCUT2D eigenvalue weighted by molar-refractivity contribution is -0.149. The fourth-order valence-electron chi connectivity index (χ4n) is 3.86. The number of hydrogen-bond donors (Lipinski definition) is 1. The SMILES string of the molecule is CCCCCCCCC=CCCCCCCC(C)(C)C(=O)N[C@@H](CC(C)C)C(=O)OCC. The number of allylic oxidation sites excluding steroid dienone is 2. The number of nitrogens with one attached hydrogen (secondary N) is 1. The van der Waals surface area contributed by atoms with Gasteiger partial charge in [0.05, 0.1) is 6.61 Å². The first-order valence-electron chi connectivity index (χ1n) is 13.4. The lowest BCUT2D eigenvalue weighted by Crippen LogP contribution is -2.47. The first-order valence-corrected chi connectivity index (χ1v) is 13.4. The molecule has 0 heterocycles. The van der Waals surface area contributed by atoms with E-state index in [1.165, 1.54) is 57.8 Å². The molecule has 4 heteroatoms. The van der Waals surface area contributed by atoms with Gasteiger partial charge >= 0.3 is 5.97 Å². The van der Waals surface area contributed by atoms with Crippen LogP contribution in [0.15, 0.2) is 12.2 Å². The van der Waals surface area contributed by atoms with Crippen molar-refractivity contribution in [3.8, 4) is 0 Å². The number of carbonyl (C=O) groups excluding carboxylic acids is 2. The highest BCUT2D eigenvalue weighted by atomic mass is 16.5. The maximum absolute atomic E-state index is 12.8. The summed E-state index contributed by atoms with van der Waals surface area (Å²) in [5.41, 5.74) is -0.473. The summed E-state index contributed by atoms with van der Waals surface area (Å²) in [5.74, 6) is -0.0589. The highest BCUT2D eigenvalue weighted by molar-refractivity contribution is 5.87. The van der Waals surface area contributed by atoms with Crippen LogP contribution in [-0.4, -0.2) is 24.5 Å². The smallest absolute Gasteiger partial charge is 0.328 e. The quantitative estimate of drug-likeness (QED) is 0.117. The first-order chi connectivity index (χ1) is 15.2. The van der Waals surface area contributed by atoms with Gasteiger partial charge in [0, 0.05) is 5.41 Å². The fourth-order valence-corrected chi connectivity index (χ4v) is 3.86. The average molecular weight is 452 g/mol. The maximum atomic E-state index is 12.8. The van der Waals surface area contributed by atoms with Gasteiger partial charge in [0.15, 0.2) is 0 Å². The van der Waals surface area contributed by atoms with Gasteiger partial charge in [-0.2, -0.15) is 0 Å². The molecule has 0 spiro atoms. The van der Waals surface area contributed by atoms with Gasteiger partial charge in [0.25, 0.3) is 0 Å². The molecule has 0 radical (unpaired) electrons. The third kappa shape index (κ3) is 16.3. The van der Waals surface area contributed by atoms with Crippen molar-refractivity contribution in [1.29, 1.82) is 0 Å². The minimum absolute atomic E-state index is 0.0474. The summed E-state index contributed by atoms with van der Waals surface area (Å²) in [6.07, 6.45) is 21.3. The van der Waals surface area contributed by atoms with Gasteiger partial charge < -0.3 is 10.1 Å². The van der Waals surface area contributed by atoms with E-state index in [9.17, 15) is 9.59 Å². The molecule has 0 aliphatic carbocycles. The molecular formula is C28H53NO3. The van der Waals surface area contributed by atoms with Crippen LogP contribution in [0, 0.1) is 11.3 Å². The zero-order valence-electron chi connectivity index (χ0n) is 22.1. The van der Waals surface area contributed by atoms with Crippen LogP contribution in [0.2, 0.25) is 0 Å². The van der Waals surface area contributed by atoms with E-state index >= 15 is 0 Å². The Kier molecular flexibility index (Phi) is 18.4. The molecule has 0 aromatic rings. The number of amides is 1. The second kappa shape index (κ2) is 19.2. The summed E-state index contributed by atoms with van der Waals surface area (Å²) >= 11 is 0. The summed E-state index contributed by atoms with van der Waals surface area (Å²) in [5, 5.41) is 2.95. The van der Waals surface area contributed by atoms with Crippen LogP contribution >= 0.6 is 0 Å². The van der Waals surface area contributed by atoms with Crippen LogP contribution in [0.5, 0.6) is 0 Å². The lowest BCUT2D eigenvalue weighted by Gasteiger charge is -2.27. The van der Waals surface area contributed by atoms with Gasteiger partial charge in [-0.25, -0.2) is 4.79 Å². The Labute approximate surface area is 199 Å². The van der Waals surface area contributed by atoms with Crippen molar-refractivity contribution in [2.24, 2.45) is 11.3 Å². The Morgan fingerprint density at radius 3 is 1.91 bits per heavy atom. The number of carbonyl (C=O) groups is 2. The van der Waals surface area contributed by atoms with Crippen LogP contribution in [-0.2, 0) is 14.3 Å². The Hall–Kier alpha value is -1.32. The maximum Gasteiger partial charge on any atom is 0.328 e. The molecule has 1 N–H and O–H groups in total. The zero-order chi connectivity index (χ0) is 24.2. The molecule has 0 aliphatic heterocycles. The van der Waals surface area contributed by atoms with E-state index in [0.29, 0.717) is 18.9 Å². The Bertz CT molecular complexity index is 511. The monoisotopic (exact) mass is 451 g/mol. The highest BCUT2D eigenvalue weighted by Gasteiger charge is 2.31. The van der Waals surface area contributed by atoms with E-state index in [0.717, 1.165) is 25.7 Å². The van der Waals surface area contributed by atoms with Gasteiger partial charge in [-0.3, -0.25) is 4.79 Å². The Morgan fingerprint density at radius 2 is 1.38 bits per heavy atom. The molecule has 0 aromatic heterocycles. The van der Waals surface area contributed by atoms with Gasteiger partial charge in [0.1, 0.15) is 6.04 Å². The summed E-state index contributed by atoms with van der Waals surface area (Å²) in [6.45, 7) is 12.4. The third-order valence-electron chi connectivity index (χ3n) is 6.01. The normalized spacial score (nSPS) is 13.0. The summed E-state index contributed by atoms with van der Waals surface area (Å²) in [4.78, 5) is 25.0. The van der Waals surface area contributed by atoms with Crippen molar-refractivity contribution in [3.05, 3.63) is 12.2 Å². The predicted octanol–water partition coefficient (Wildman–Crippen LogP) is 7.75. The zero-order valence-corrected chi connectivity index (χ0v) is 22.1. The van der Waals surface area contributed by atoms with Crippen LogP contribution in [0.4, 0.5) is 0 Å². The Balaban J connectivity index is 4.01. The van der Waals surface area contributed by atoms with Gasteiger partial charge in [-0.15, -0.1) is 0 Å². The molecule has 1 atom stereocenters. The van der Waals surface area contributed by atoms with Gasteiger partial charge in [0.2, 0.25) is 5.91 Å². The molecule has 0 unspecified atom stereocenters. The van der Waals surface area contributed by atoms with Crippen molar-refractivity contribution in [2.45, 2.75) is 137 Å². The van der Waals surface area contributed by atoms with E-state index < -0.39 is 11.5 Å². The van der Waals surface area contributed by atoms with Crippen molar-refractivity contribution >= 4 is 11.9 Å². The molecule has 0 saturated heterocycles. The molecule has 1 amide bonds. The fraction of sp³-hybridized carbons (Fsp3) is 0.857. The number of ether oxygens (including phenoxy) is 1. The second-order valence-corrected chi connectivity index (χ2v) is 10.3. The number of hydrogen-bond acceptors (Lipinski definition) is 3. The minimum Gasteiger partial charge on any atom is -0.464 e. The van der Waals surface area contributed by atoms with E-state index in [4.69, 9.17) is 4.74 Å². The molecule has 0 fully saturated rings. The Morgan fingerprint density at radius 1 is 0.844 bits per heavy atom. The van der Waals surface area contributed by atoms with Crippen LogP contribution in [0.25, 0.3) is 0 Å². The van der Waals surface area contributed by atoms with E-state index in [-0.39, 0.29) is 11.9 Å². The minimum atomic E-state index is -0.551. The van der Waals surface area contributed by atoms with Crippen LogP contribution < -0.4 is 5.32 Å². The topological polar surface area (TPSA) is 55.4 Å². The third-order valence-corrected chi connectivity index (χ3v) is 6.01. The van der Waals surface area contributed by atoms with Crippen molar-refractivity contribution < 1.29 is 14.3 Å². The molecule has 0 saturated carbocycles. The summed E-state index contributed by atoms with van der Waals surface area (Å²) in [7, 11) is 0. The second-order valence-electron chi connectivity index (χ2n) is 10.3. The number of unbranched alkanes of at least 4 members (excludes halogenated alkanes) is 10. The van der Waals surface area contributed by atoms with E-state index in [1.807, 2.05) is 27.7 Å².